The molecule has 1 unspecified atom stereocenters. The lowest BCUT2D eigenvalue weighted by Gasteiger charge is -2.19. The van der Waals surface area contributed by atoms with Crippen LogP contribution in [0, 0.1) is 0 Å². The average Bonchev–Trinajstić information content (AvgIpc) is 2.37. The van der Waals surface area contributed by atoms with E-state index in [0.717, 1.165) is 5.56 Å². The van der Waals surface area contributed by atoms with Gasteiger partial charge in [-0.25, -0.2) is 0 Å². The number of carbonyl (C=O) groups excluding carboxylic acids is 1. The molecule has 2 aromatic rings. The second kappa shape index (κ2) is 5.19. The monoisotopic (exact) mass is 242 g/mol. The van der Waals surface area contributed by atoms with Crippen molar-refractivity contribution in [2.24, 2.45) is 5.73 Å². The van der Waals surface area contributed by atoms with Crippen molar-refractivity contribution < 1.29 is 4.79 Å². The van der Waals surface area contributed by atoms with E-state index in [2.05, 4.69) is 24.3 Å². The van der Waals surface area contributed by atoms with E-state index in [9.17, 15) is 4.79 Å². The second-order valence-corrected chi connectivity index (χ2v) is 4.66. The van der Waals surface area contributed by atoms with Crippen LogP contribution in [0.3, 0.4) is 0 Å². The Morgan fingerprint density at radius 2 is 1.89 bits per heavy atom. The first kappa shape index (κ1) is 12.6. The smallest absolute Gasteiger partial charge is 0.239 e. The predicted octanol–water partition coefficient (Wildman–Crippen LogP) is 2.15. The fourth-order valence-corrected chi connectivity index (χ4v) is 2.04. The Morgan fingerprint density at radius 1 is 1.22 bits per heavy atom. The van der Waals surface area contributed by atoms with Crippen LogP contribution in [-0.4, -0.2) is 23.9 Å². The molecule has 0 spiro atoms. The van der Waals surface area contributed by atoms with Crippen LogP contribution >= 0.6 is 0 Å². The molecular weight excluding hydrogens is 224 g/mol. The number of fused-ring (bicyclic) bond motifs is 1. The predicted molar refractivity (Wildman–Crippen MR) is 74.1 cm³/mol. The highest BCUT2D eigenvalue weighted by atomic mass is 16.2. The van der Waals surface area contributed by atoms with Gasteiger partial charge in [0, 0.05) is 13.6 Å². The highest BCUT2D eigenvalue weighted by Crippen LogP contribution is 2.16. The van der Waals surface area contributed by atoms with Gasteiger partial charge in [0.15, 0.2) is 0 Å². The molecule has 0 aliphatic heterocycles. The summed E-state index contributed by atoms with van der Waals surface area (Å²) in [5.41, 5.74) is 6.71. The Balaban J connectivity index is 2.19. The quantitative estimate of drug-likeness (QED) is 0.896. The first-order valence-corrected chi connectivity index (χ1v) is 6.06. The largest absolute Gasteiger partial charge is 0.340 e. The summed E-state index contributed by atoms with van der Waals surface area (Å²) < 4.78 is 0. The van der Waals surface area contributed by atoms with E-state index >= 15 is 0 Å². The summed E-state index contributed by atoms with van der Waals surface area (Å²) in [7, 11) is 1.78. The van der Waals surface area contributed by atoms with E-state index in [1.54, 1.807) is 18.9 Å². The molecule has 0 fully saturated rings. The van der Waals surface area contributed by atoms with Crippen LogP contribution < -0.4 is 5.73 Å². The summed E-state index contributed by atoms with van der Waals surface area (Å²) in [6, 6.07) is 14.0. The van der Waals surface area contributed by atoms with Crippen molar-refractivity contribution in [2.75, 3.05) is 7.05 Å². The van der Waals surface area contributed by atoms with Gasteiger partial charge in [-0.2, -0.15) is 0 Å². The minimum atomic E-state index is -0.449. The minimum absolute atomic E-state index is 0.0387. The number of nitrogens with two attached hydrogens (primary N) is 1. The number of amides is 1. The number of hydrogen-bond donors (Lipinski definition) is 1. The molecular formula is C15H18N2O. The highest BCUT2D eigenvalue weighted by Gasteiger charge is 2.13. The molecule has 2 N–H and O–H groups in total. The molecule has 0 saturated heterocycles. The summed E-state index contributed by atoms with van der Waals surface area (Å²) in [4.78, 5) is 13.4. The molecule has 1 atom stereocenters. The molecule has 94 valence electrons. The van der Waals surface area contributed by atoms with Gasteiger partial charge in [-0.1, -0.05) is 36.4 Å². The maximum Gasteiger partial charge on any atom is 0.239 e. The van der Waals surface area contributed by atoms with Gasteiger partial charge in [-0.15, -0.1) is 0 Å². The van der Waals surface area contributed by atoms with E-state index in [1.165, 1.54) is 10.8 Å². The van der Waals surface area contributed by atoms with Crippen molar-refractivity contribution in [3.63, 3.8) is 0 Å². The van der Waals surface area contributed by atoms with E-state index in [4.69, 9.17) is 5.73 Å². The van der Waals surface area contributed by atoms with Gasteiger partial charge >= 0.3 is 0 Å². The molecule has 1 amide bonds. The number of likely N-dealkylation sites (N-methyl/N-ethyl adjacent to an activating group) is 1. The van der Waals surface area contributed by atoms with Crippen LogP contribution in [0.5, 0.6) is 0 Å². The first-order valence-electron chi connectivity index (χ1n) is 6.06. The zero-order chi connectivity index (χ0) is 13.1. The van der Waals surface area contributed by atoms with Gasteiger partial charge < -0.3 is 10.6 Å². The maximum atomic E-state index is 11.7. The van der Waals surface area contributed by atoms with Crippen LogP contribution in [0.1, 0.15) is 12.5 Å². The van der Waals surface area contributed by atoms with Crippen molar-refractivity contribution >= 4 is 16.7 Å². The molecule has 0 aliphatic carbocycles. The van der Waals surface area contributed by atoms with Gasteiger partial charge in [0.25, 0.3) is 0 Å². The topological polar surface area (TPSA) is 46.3 Å². The second-order valence-electron chi connectivity index (χ2n) is 4.66. The van der Waals surface area contributed by atoms with E-state index in [0.29, 0.717) is 6.54 Å². The molecule has 2 rings (SSSR count). The van der Waals surface area contributed by atoms with Gasteiger partial charge in [0.05, 0.1) is 6.04 Å². The Bertz CT molecular complexity index is 563. The molecule has 0 heterocycles. The molecule has 0 saturated carbocycles. The summed E-state index contributed by atoms with van der Waals surface area (Å²) in [6.45, 7) is 2.30. The van der Waals surface area contributed by atoms with Crippen molar-refractivity contribution in [1.82, 2.24) is 4.90 Å². The molecule has 0 aromatic heterocycles. The van der Waals surface area contributed by atoms with Crippen molar-refractivity contribution in [3.8, 4) is 0 Å². The number of benzene rings is 2. The minimum Gasteiger partial charge on any atom is -0.340 e. The lowest BCUT2D eigenvalue weighted by atomic mass is 10.1. The third-order valence-corrected chi connectivity index (χ3v) is 3.00. The number of hydrogen-bond acceptors (Lipinski definition) is 2. The third-order valence-electron chi connectivity index (χ3n) is 3.00. The molecule has 0 bridgehead atoms. The molecule has 3 heteroatoms. The summed E-state index contributed by atoms with van der Waals surface area (Å²) in [6.07, 6.45) is 0. The van der Waals surface area contributed by atoms with Crippen LogP contribution in [0.2, 0.25) is 0 Å². The summed E-state index contributed by atoms with van der Waals surface area (Å²) in [5.74, 6) is -0.0387. The van der Waals surface area contributed by atoms with E-state index in [-0.39, 0.29) is 5.91 Å². The van der Waals surface area contributed by atoms with Gasteiger partial charge in [-0.3, -0.25) is 4.79 Å². The zero-order valence-corrected chi connectivity index (χ0v) is 10.8. The van der Waals surface area contributed by atoms with Gasteiger partial charge in [0.1, 0.15) is 0 Å². The third kappa shape index (κ3) is 2.68. The fourth-order valence-electron chi connectivity index (χ4n) is 2.04. The number of nitrogens with zero attached hydrogens (tertiary/aromatic N) is 1. The normalized spacial score (nSPS) is 12.4. The SMILES string of the molecule is CC(N)C(=O)N(C)Cc1ccc2ccccc2c1. The van der Waals surface area contributed by atoms with Crippen LogP contribution in [0.25, 0.3) is 10.8 Å². The molecule has 0 radical (unpaired) electrons. The first-order chi connectivity index (χ1) is 8.58. The van der Waals surface area contributed by atoms with Crippen molar-refractivity contribution in [1.29, 1.82) is 0 Å². The molecule has 0 aliphatic rings. The Labute approximate surface area is 107 Å². The zero-order valence-electron chi connectivity index (χ0n) is 10.8. The van der Waals surface area contributed by atoms with Crippen LogP contribution in [0.4, 0.5) is 0 Å². The lowest BCUT2D eigenvalue weighted by molar-refractivity contribution is -0.131. The molecule has 3 nitrogen and oxygen atoms in total. The molecule has 2 aromatic carbocycles. The van der Waals surface area contributed by atoms with E-state index in [1.807, 2.05) is 18.2 Å². The van der Waals surface area contributed by atoms with E-state index < -0.39 is 6.04 Å². The number of carbonyl (C=O) groups is 1. The lowest BCUT2D eigenvalue weighted by Crippen LogP contribution is -2.39. The summed E-state index contributed by atoms with van der Waals surface area (Å²) >= 11 is 0. The standard InChI is InChI=1S/C15H18N2O/c1-11(16)15(18)17(2)10-12-7-8-13-5-3-4-6-14(13)9-12/h3-9,11H,10,16H2,1-2H3. The van der Waals surface area contributed by atoms with Gasteiger partial charge in [0.2, 0.25) is 5.91 Å². The van der Waals surface area contributed by atoms with Crippen molar-refractivity contribution in [2.45, 2.75) is 19.5 Å². The highest BCUT2D eigenvalue weighted by molar-refractivity contribution is 5.83. The van der Waals surface area contributed by atoms with Crippen LogP contribution in [-0.2, 0) is 11.3 Å². The Morgan fingerprint density at radius 3 is 2.56 bits per heavy atom. The maximum absolute atomic E-state index is 11.7. The van der Waals surface area contributed by atoms with Crippen molar-refractivity contribution in [3.05, 3.63) is 48.0 Å². The summed E-state index contributed by atoms with van der Waals surface area (Å²) in [5, 5.41) is 2.40. The van der Waals surface area contributed by atoms with Gasteiger partial charge in [-0.05, 0) is 29.3 Å². The Kier molecular flexibility index (Phi) is 3.63. The number of rotatable bonds is 3. The fraction of sp³-hybridized carbons (Fsp3) is 0.267. The molecule has 18 heavy (non-hydrogen) atoms. The Hall–Kier alpha value is -1.87. The average molecular weight is 242 g/mol. The van der Waals surface area contributed by atoms with Crippen LogP contribution in [0.15, 0.2) is 42.5 Å².